The molecule has 24 heavy (non-hydrogen) atoms. The first-order chi connectivity index (χ1) is 11.4. The Kier molecular flexibility index (Phi) is 5.22. The second-order valence-corrected chi connectivity index (χ2v) is 8.44. The van der Waals surface area contributed by atoms with E-state index in [9.17, 15) is 8.42 Å². The summed E-state index contributed by atoms with van der Waals surface area (Å²) >= 11 is 13.2. The Bertz CT molecular complexity index is 937. The highest BCUT2D eigenvalue weighted by atomic mass is 35.5. The van der Waals surface area contributed by atoms with Gasteiger partial charge >= 0.3 is 0 Å². The number of nitrogens with one attached hydrogen (secondary N) is 1. The van der Waals surface area contributed by atoms with Gasteiger partial charge < -0.3 is 0 Å². The third kappa shape index (κ3) is 4.15. The van der Waals surface area contributed by atoms with Crippen LogP contribution in [0.5, 0.6) is 0 Å². The van der Waals surface area contributed by atoms with Gasteiger partial charge in [0.25, 0.3) is 0 Å². The van der Waals surface area contributed by atoms with Crippen molar-refractivity contribution in [3.05, 3.63) is 69.7 Å². The van der Waals surface area contributed by atoms with Crippen LogP contribution in [0.15, 0.2) is 58.8 Å². The number of benzene rings is 2. The molecule has 0 saturated heterocycles. The Morgan fingerprint density at radius 1 is 1.04 bits per heavy atom. The van der Waals surface area contributed by atoms with Crippen LogP contribution in [0.1, 0.15) is 5.69 Å². The van der Waals surface area contributed by atoms with Crippen LogP contribution < -0.4 is 4.72 Å². The molecule has 8 heteroatoms. The number of rotatable bonds is 5. The summed E-state index contributed by atoms with van der Waals surface area (Å²) in [7, 11) is -3.71. The van der Waals surface area contributed by atoms with Gasteiger partial charge in [-0.05, 0) is 18.2 Å². The summed E-state index contributed by atoms with van der Waals surface area (Å²) in [6, 6.07) is 13.9. The van der Waals surface area contributed by atoms with Crippen molar-refractivity contribution in [2.24, 2.45) is 0 Å². The highest BCUT2D eigenvalue weighted by molar-refractivity contribution is 7.89. The predicted octanol–water partition coefficient (Wildman–Crippen LogP) is 4.60. The molecule has 0 aliphatic heterocycles. The first-order valence-corrected chi connectivity index (χ1v) is 10.0. The van der Waals surface area contributed by atoms with Crippen LogP contribution in [0.25, 0.3) is 10.6 Å². The van der Waals surface area contributed by atoms with E-state index in [1.54, 1.807) is 0 Å². The van der Waals surface area contributed by atoms with Crippen LogP contribution in [-0.4, -0.2) is 13.4 Å². The SMILES string of the molecule is O=S(=O)(NCc1csc(-c2ccccc2)n1)c1cc(Cl)cc(Cl)c1. The molecule has 0 unspecified atom stereocenters. The number of thiazole rings is 1. The minimum Gasteiger partial charge on any atom is -0.240 e. The van der Waals surface area contributed by atoms with E-state index in [4.69, 9.17) is 23.2 Å². The molecule has 1 aromatic heterocycles. The minimum atomic E-state index is -3.71. The van der Waals surface area contributed by atoms with E-state index in [-0.39, 0.29) is 21.5 Å². The zero-order valence-corrected chi connectivity index (χ0v) is 15.4. The summed E-state index contributed by atoms with van der Waals surface area (Å²) in [6.45, 7) is 0.0931. The van der Waals surface area contributed by atoms with Gasteiger partial charge in [-0.15, -0.1) is 11.3 Å². The van der Waals surface area contributed by atoms with Crippen molar-refractivity contribution >= 4 is 44.6 Å². The van der Waals surface area contributed by atoms with Gasteiger partial charge in [0, 0.05) is 21.0 Å². The highest BCUT2D eigenvalue weighted by Crippen LogP contribution is 2.24. The fourth-order valence-corrected chi connectivity index (χ4v) is 4.59. The van der Waals surface area contributed by atoms with Crippen molar-refractivity contribution in [1.29, 1.82) is 0 Å². The van der Waals surface area contributed by atoms with Crippen LogP contribution in [0.3, 0.4) is 0 Å². The largest absolute Gasteiger partial charge is 0.241 e. The Balaban J connectivity index is 1.75. The molecule has 0 spiro atoms. The van der Waals surface area contributed by atoms with E-state index in [2.05, 4.69) is 9.71 Å². The lowest BCUT2D eigenvalue weighted by Crippen LogP contribution is -2.23. The van der Waals surface area contributed by atoms with Crippen molar-refractivity contribution in [2.45, 2.75) is 11.4 Å². The first-order valence-electron chi connectivity index (χ1n) is 6.90. The van der Waals surface area contributed by atoms with Crippen LogP contribution in [0, 0.1) is 0 Å². The molecule has 3 aromatic rings. The van der Waals surface area contributed by atoms with Crippen LogP contribution in [0.2, 0.25) is 10.0 Å². The summed E-state index contributed by atoms with van der Waals surface area (Å²) in [5, 5.41) is 3.21. The number of sulfonamides is 1. The topological polar surface area (TPSA) is 59.1 Å². The second kappa shape index (κ2) is 7.21. The lowest BCUT2D eigenvalue weighted by atomic mass is 10.2. The molecule has 0 radical (unpaired) electrons. The van der Waals surface area contributed by atoms with Crippen LogP contribution in [0.4, 0.5) is 0 Å². The molecular weight excluding hydrogens is 387 g/mol. The maximum absolute atomic E-state index is 12.3. The van der Waals surface area contributed by atoms with Gasteiger partial charge in [-0.2, -0.15) is 0 Å². The van der Waals surface area contributed by atoms with Gasteiger partial charge in [0.2, 0.25) is 10.0 Å². The third-order valence-electron chi connectivity index (χ3n) is 3.16. The quantitative estimate of drug-likeness (QED) is 0.683. The van der Waals surface area contributed by atoms with Crippen molar-refractivity contribution in [3.8, 4) is 10.6 Å². The third-order valence-corrected chi connectivity index (χ3v) is 5.92. The summed E-state index contributed by atoms with van der Waals surface area (Å²) in [6.07, 6.45) is 0. The molecule has 4 nitrogen and oxygen atoms in total. The van der Waals surface area contributed by atoms with Crippen molar-refractivity contribution < 1.29 is 8.42 Å². The molecule has 3 rings (SSSR count). The number of aromatic nitrogens is 1. The Morgan fingerprint density at radius 3 is 2.38 bits per heavy atom. The van der Waals surface area contributed by atoms with Crippen molar-refractivity contribution in [1.82, 2.24) is 9.71 Å². The lowest BCUT2D eigenvalue weighted by Gasteiger charge is -2.06. The van der Waals surface area contributed by atoms with Crippen molar-refractivity contribution in [3.63, 3.8) is 0 Å². The zero-order valence-electron chi connectivity index (χ0n) is 12.2. The maximum atomic E-state index is 12.3. The molecule has 0 fully saturated rings. The van der Waals surface area contributed by atoms with E-state index in [0.717, 1.165) is 10.6 Å². The highest BCUT2D eigenvalue weighted by Gasteiger charge is 2.16. The molecule has 0 aliphatic carbocycles. The fourth-order valence-electron chi connectivity index (χ4n) is 2.04. The molecule has 0 amide bonds. The van der Waals surface area contributed by atoms with E-state index < -0.39 is 10.0 Å². The molecule has 0 saturated carbocycles. The van der Waals surface area contributed by atoms with Crippen LogP contribution in [-0.2, 0) is 16.6 Å². The smallest absolute Gasteiger partial charge is 0.240 e. The maximum Gasteiger partial charge on any atom is 0.241 e. The van der Waals surface area contributed by atoms with Gasteiger partial charge in [0.05, 0.1) is 17.1 Å². The zero-order chi connectivity index (χ0) is 17.2. The molecule has 0 atom stereocenters. The second-order valence-electron chi connectivity index (χ2n) is 4.94. The Labute approximate surface area is 154 Å². The number of hydrogen-bond donors (Lipinski definition) is 1. The van der Waals surface area contributed by atoms with Gasteiger partial charge in [0.1, 0.15) is 5.01 Å². The number of hydrogen-bond acceptors (Lipinski definition) is 4. The summed E-state index contributed by atoms with van der Waals surface area (Å²) in [5.74, 6) is 0. The van der Waals surface area contributed by atoms with Gasteiger partial charge in [-0.25, -0.2) is 18.1 Å². The monoisotopic (exact) mass is 398 g/mol. The summed E-state index contributed by atoms with van der Waals surface area (Å²) in [4.78, 5) is 4.48. The van der Waals surface area contributed by atoms with E-state index in [1.165, 1.54) is 29.5 Å². The van der Waals surface area contributed by atoms with Gasteiger partial charge in [-0.3, -0.25) is 0 Å². The lowest BCUT2D eigenvalue weighted by molar-refractivity contribution is 0.580. The van der Waals surface area contributed by atoms with E-state index in [1.807, 2.05) is 35.7 Å². The first kappa shape index (κ1) is 17.4. The summed E-state index contributed by atoms with van der Waals surface area (Å²) in [5.41, 5.74) is 1.65. The normalized spacial score (nSPS) is 11.6. The molecule has 2 aromatic carbocycles. The average molecular weight is 399 g/mol. The van der Waals surface area contributed by atoms with E-state index in [0.29, 0.717) is 5.69 Å². The Morgan fingerprint density at radius 2 is 1.71 bits per heavy atom. The molecule has 124 valence electrons. The minimum absolute atomic E-state index is 0.0264. The fraction of sp³-hybridized carbons (Fsp3) is 0.0625. The van der Waals surface area contributed by atoms with E-state index >= 15 is 0 Å². The number of halogens is 2. The van der Waals surface area contributed by atoms with Gasteiger partial charge in [0.15, 0.2) is 0 Å². The average Bonchev–Trinajstić information content (AvgIpc) is 3.02. The molecule has 0 bridgehead atoms. The standard InChI is InChI=1S/C16H12Cl2N2O2S2/c17-12-6-13(18)8-15(7-12)24(21,22)19-9-14-10-23-16(20-14)11-4-2-1-3-5-11/h1-8,10,19H,9H2. The van der Waals surface area contributed by atoms with Gasteiger partial charge in [-0.1, -0.05) is 53.5 Å². The number of nitrogens with zero attached hydrogens (tertiary/aromatic N) is 1. The van der Waals surface area contributed by atoms with Crippen LogP contribution >= 0.6 is 34.5 Å². The predicted molar refractivity (Wildman–Crippen MR) is 98.0 cm³/mol. The summed E-state index contributed by atoms with van der Waals surface area (Å²) < 4.78 is 27.2. The molecular formula is C16H12Cl2N2O2S2. The van der Waals surface area contributed by atoms with Crippen molar-refractivity contribution in [2.75, 3.05) is 0 Å². The molecule has 1 N–H and O–H groups in total. The Hall–Kier alpha value is -1.44. The molecule has 0 aliphatic rings. The molecule has 1 heterocycles.